The van der Waals surface area contributed by atoms with Gasteiger partial charge in [-0.25, -0.2) is 0 Å². The summed E-state index contributed by atoms with van der Waals surface area (Å²) in [6.07, 6.45) is -3.65. The zero-order valence-corrected chi connectivity index (χ0v) is 11.3. The van der Waals surface area contributed by atoms with E-state index in [1.807, 2.05) is 26.8 Å². The van der Waals surface area contributed by atoms with Crippen molar-refractivity contribution in [3.05, 3.63) is 29.3 Å². The molecule has 0 aliphatic rings. The average molecular weight is 276 g/mol. The highest BCUT2D eigenvalue weighted by Crippen LogP contribution is 2.31. The van der Waals surface area contributed by atoms with Gasteiger partial charge in [0.1, 0.15) is 5.75 Å². The Morgan fingerprint density at radius 3 is 2.21 bits per heavy atom. The number of halogens is 3. The Kier molecular flexibility index (Phi) is 4.85. The summed E-state index contributed by atoms with van der Waals surface area (Å²) in [4.78, 5) is 0. The summed E-state index contributed by atoms with van der Waals surface area (Å²) in [6.45, 7) is 5.79. The van der Waals surface area contributed by atoms with Crippen LogP contribution in [0.4, 0.5) is 13.2 Å². The molecule has 0 radical (unpaired) electrons. The maximum atomic E-state index is 12.3. The van der Waals surface area contributed by atoms with Crippen LogP contribution in [0.1, 0.15) is 38.3 Å². The minimum absolute atomic E-state index is 0.00913. The van der Waals surface area contributed by atoms with Crippen molar-refractivity contribution in [2.75, 3.05) is 6.61 Å². The summed E-state index contributed by atoms with van der Waals surface area (Å²) in [5.74, 6) is -0.201. The zero-order chi connectivity index (χ0) is 14.7. The third-order valence-corrected chi connectivity index (χ3v) is 2.69. The second kappa shape index (κ2) is 5.82. The summed E-state index contributed by atoms with van der Waals surface area (Å²) in [5.41, 5.74) is 1.25. The third kappa shape index (κ3) is 5.51. The maximum absolute atomic E-state index is 12.3. The number of rotatable bonds is 4. The highest BCUT2D eigenvalue weighted by atomic mass is 19.4. The summed E-state index contributed by atoms with van der Waals surface area (Å²) < 4.78 is 40.9. The molecule has 1 aromatic rings. The molecule has 0 fully saturated rings. The second-order valence-corrected chi connectivity index (χ2v) is 5.49. The van der Waals surface area contributed by atoms with Crippen LogP contribution in [0.15, 0.2) is 18.2 Å². The lowest BCUT2D eigenvalue weighted by atomic mass is 9.85. The Morgan fingerprint density at radius 2 is 1.74 bits per heavy atom. The summed E-state index contributed by atoms with van der Waals surface area (Å²) in [5, 5.41) is 8.80. The number of hydrogen-bond acceptors (Lipinski definition) is 2. The Morgan fingerprint density at radius 1 is 1.11 bits per heavy atom. The van der Waals surface area contributed by atoms with E-state index in [1.165, 1.54) is 12.1 Å². The van der Waals surface area contributed by atoms with E-state index < -0.39 is 6.36 Å². The number of ether oxygens (including phenoxy) is 1. The lowest BCUT2D eigenvalue weighted by molar-refractivity contribution is -0.274. The number of aliphatic hydroxyl groups excluding tert-OH is 1. The normalized spacial score (nSPS) is 12.6. The van der Waals surface area contributed by atoms with Crippen LogP contribution >= 0.6 is 0 Å². The van der Waals surface area contributed by atoms with Gasteiger partial charge in [0.2, 0.25) is 0 Å². The van der Waals surface area contributed by atoms with Crippen molar-refractivity contribution in [3.63, 3.8) is 0 Å². The van der Waals surface area contributed by atoms with Crippen LogP contribution in [0.5, 0.6) is 5.75 Å². The van der Waals surface area contributed by atoms with Gasteiger partial charge in [0.05, 0.1) is 0 Å². The standard InChI is InChI=1S/C14H19F3O2/c1-13(2,3)11-7-10(5-4-6-18)8-12(9-11)19-14(15,16)17/h7-9,18H,4-6H2,1-3H3. The van der Waals surface area contributed by atoms with Gasteiger partial charge in [-0.15, -0.1) is 13.2 Å². The number of hydrogen-bond donors (Lipinski definition) is 1. The highest BCUT2D eigenvalue weighted by Gasteiger charge is 2.31. The van der Waals surface area contributed by atoms with Crippen molar-refractivity contribution in [1.82, 2.24) is 0 Å². The predicted molar refractivity (Wildman–Crippen MR) is 67.2 cm³/mol. The fourth-order valence-corrected chi connectivity index (χ4v) is 1.71. The number of benzene rings is 1. The molecule has 0 bridgehead atoms. The first-order chi connectivity index (χ1) is 8.62. The summed E-state index contributed by atoms with van der Waals surface area (Å²) in [7, 11) is 0. The van der Waals surface area contributed by atoms with Crippen molar-refractivity contribution in [3.8, 4) is 5.75 Å². The van der Waals surface area contributed by atoms with Crippen LogP contribution in [0.2, 0.25) is 0 Å². The Labute approximate surface area is 111 Å². The smallest absolute Gasteiger partial charge is 0.406 e. The van der Waals surface area contributed by atoms with Crippen molar-refractivity contribution in [1.29, 1.82) is 0 Å². The van der Waals surface area contributed by atoms with Gasteiger partial charge in [-0.2, -0.15) is 0 Å². The molecule has 5 heteroatoms. The van der Waals surface area contributed by atoms with Crippen LogP contribution in [-0.4, -0.2) is 18.1 Å². The summed E-state index contributed by atoms with van der Waals surface area (Å²) in [6, 6.07) is 4.65. The Bertz CT molecular complexity index is 420. The monoisotopic (exact) mass is 276 g/mol. The molecule has 0 saturated heterocycles. The largest absolute Gasteiger partial charge is 0.573 e. The molecule has 0 aliphatic carbocycles. The Balaban J connectivity index is 3.09. The first kappa shape index (κ1) is 15.8. The van der Waals surface area contributed by atoms with Crippen molar-refractivity contribution in [2.45, 2.75) is 45.4 Å². The quantitative estimate of drug-likeness (QED) is 0.906. The van der Waals surface area contributed by atoms with Crippen molar-refractivity contribution >= 4 is 0 Å². The lowest BCUT2D eigenvalue weighted by Gasteiger charge is -2.21. The van der Waals surface area contributed by atoms with Gasteiger partial charge in [-0.3, -0.25) is 0 Å². The van der Waals surface area contributed by atoms with E-state index in [0.717, 1.165) is 11.1 Å². The molecule has 1 aromatic carbocycles. The van der Waals surface area contributed by atoms with Crippen LogP contribution in [0, 0.1) is 0 Å². The fourth-order valence-electron chi connectivity index (χ4n) is 1.71. The molecule has 0 aromatic heterocycles. The van der Waals surface area contributed by atoms with Gasteiger partial charge in [-0.05, 0) is 41.5 Å². The first-order valence-electron chi connectivity index (χ1n) is 6.13. The second-order valence-electron chi connectivity index (χ2n) is 5.49. The number of aliphatic hydroxyl groups is 1. The van der Waals surface area contributed by atoms with Gasteiger partial charge in [0, 0.05) is 6.61 Å². The molecule has 19 heavy (non-hydrogen) atoms. The average Bonchev–Trinajstić information content (AvgIpc) is 2.22. The molecule has 0 atom stereocenters. The molecule has 1 rings (SSSR count). The van der Waals surface area contributed by atoms with Crippen molar-refractivity contribution in [2.24, 2.45) is 0 Å². The number of alkyl halides is 3. The van der Waals surface area contributed by atoms with E-state index in [0.29, 0.717) is 12.8 Å². The molecule has 2 nitrogen and oxygen atoms in total. The zero-order valence-electron chi connectivity index (χ0n) is 11.3. The fraction of sp³-hybridized carbons (Fsp3) is 0.571. The van der Waals surface area contributed by atoms with Gasteiger partial charge >= 0.3 is 6.36 Å². The molecule has 0 unspecified atom stereocenters. The van der Waals surface area contributed by atoms with Gasteiger partial charge in [-0.1, -0.05) is 26.8 Å². The minimum Gasteiger partial charge on any atom is -0.406 e. The molecule has 0 aliphatic heterocycles. The summed E-state index contributed by atoms with van der Waals surface area (Å²) >= 11 is 0. The van der Waals surface area contributed by atoms with Gasteiger partial charge in [0.15, 0.2) is 0 Å². The van der Waals surface area contributed by atoms with Gasteiger partial charge in [0.25, 0.3) is 0 Å². The van der Waals surface area contributed by atoms with Crippen LogP contribution < -0.4 is 4.74 Å². The molecular weight excluding hydrogens is 257 g/mol. The maximum Gasteiger partial charge on any atom is 0.573 e. The first-order valence-corrected chi connectivity index (χ1v) is 6.13. The van der Waals surface area contributed by atoms with Gasteiger partial charge < -0.3 is 9.84 Å². The van der Waals surface area contributed by atoms with E-state index in [9.17, 15) is 13.2 Å². The van der Waals surface area contributed by atoms with E-state index in [1.54, 1.807) is 0 Å². The third-order valence-electron chi connectivity index (χ3n) is 2.69. The molecule has 108 valence electrons. The number of aryl methyl sites for hydroxylation is 1. The van der Waals surface area contributed by atoms with E-state index >= 15 is 0 Å². The van der Waals surface area contributed by atoms with Crippen LogP contribution in [-0.2, 0) is 11.8 Å². The van der Waals surface area contributed by atoms with E-state index in [4.69, 9.17) is 5.11 Å². The molecule has 0 amide bonds. The molecule has 0 saturated carbocycles. The molecular formula is C14H19F3O2. The minimum atomic E-state index is -4.69. The molecule has 0 spiro atoms. The molecule has 1 N–H and O–H groups in total. The lowest BCUT2D eigenvalue weighted by Crippen LogP contribution is -2.18. The van der Waals surface area contributed by atoms with Crippen molar-refractivity contribution < 1.29 is 23.0 Å². The van der Waals surface area contributed by atoms with Crippen LogP contribution in [0.3, 0.4) is 0 Å². The molecule has 0 heterocycles. The topological polar surface area (TPSA) is 29.5 Å². The predicted octanol–water partition coefficient (Wildman–Crippen LogP) is 3.81. The van der Waals surface area contributed by atoms with E-state index in [2.05, 4.69) is 4.74 Å². The Hall–Kier alpha value is -1.23. The SMILES string of the molecule is CC(C)(C)c1cc(CCCO)cc(OC(F)(F)F)c1. The van der Waals surface area contributed by atoms with Crippen LogP contribution in [0.25, 0.3) is 0 Å². The highest BCUT2D eigenvalue weighted by molar-refractivity contribution is 5.38. The van der Waals surface area contributed by atoms with E-state index in [-0.39, 0.29) is 17.8 Å².